The molecule has 0 saturated heterocycles. The van der Waals surface area contributed by atoms with E-state index in [1.807, 2.05) is 12.1 Å². The van der Waals surface area contributed by atoms with E-state index in [2.05, 4.69) is 24.3 Å². The highest BCUT2D eigenvalue weighted by Crippen LogP contribution is 2.40. The SMILES string of the molecule is COc1ccc(CCC(=O)NCC2(N(C)C)CCCC2)c(OC)c1OC. The van der Waals surface area contributed by atoms with E-state index in [0.717, 1.165) is 18.4 Å². The number of nitrogens with zero attached hydrogens (tertiary/aromatic N) is 1. The van der Waals surface area contributed by atoms with E-state index in [1.165, 1.54) is 12.8 Å². The smallest absolute Gasteiger partial charge is 0.220 e. The molecule has 1 aromatic rings. The first-order valence-electron chi connectivity index (χ1n) is 9.19. The number of carbonyl (C=O) groups excluding carboxylic acids is 1. The van der Waals surface area contributed by atoms with Gasteiger partial charge < -0.3 is 24.4 Å². The molecule has 146 valence electrons. The summed E-state index contributed by atoms with van der Waals surface area (Å²) in [6, 6.07) is 3.76. The topological polar surface area (TPSA) is 60.0 Å². The molecule has 0 spiro atoms. The maximum Gasteiger partial charge on any atom is 0.220 e. The Hall–Kier alpha value is -1.95. The fourth-order valence-electron chi connectivity index (χ4n) is 3.77. The summed E-state index contributed by atoms with van der Waals surface area (Å²) < 4.78 is 16.2. The molecule has 0 aliphatic heterocycles. The number of nitrogens with one attached hydrogen (secondary N) is 1. The molecular formula is C20H32N2O4. The van der Waals surface area contributed by atoms with Crippen LogP contribution in [0, 0.1) is 0 Å². The van der Waals surface area contributed by atoms with Crippen molar-refractivity contribution in [2.45, 2.75) is 44.1 Å². The minimum absolute atomic E-state index is 0.0648. The number of amides is 1. The van der Waals surface area contributed by atoms with Crippen molar-refractivity contribution < 1.29 is 19.0 Å². The van der Waals surface area contributed by atoms with Gasteiger partial charge in [-0.15, -0.1) is 0 Å². The lowest BCUT2D eigenvalue weighted by Gasteiger charge is -2.36. The van der Waals surface area contributed by atoms with Gasteiger partial charge in [0, 0.05) is 18.5 Å². The van der Waals surface area contributed by atoms with Crippen molar-refractivity contribution in [3.63, 3.8) is 0 Å². The highest BCUT2D eigenvalue weighted by atomic mass is 16.5. The second kappa shape index (κ2) is 9.12. The number of ether oxygens (including phenoxy) is 3. The van der Waals surface area contributed by atoms with Crippen molar-refractivity contribution in [2.24, 2.45) is 0 Å². The first-order valence-corrected chi connectivity index (χ1v) is 9.19. The summed E-state index contributed by atoms with van der Waals surface area (Å²) in [5.74, 6) is 1.87. The number of methoxy groups -OCH3 is 3. The van der Waals surface area contributed by atoms with Crippen LogP contribution in [0.25, 0.3) is 0 Å². The van der Waals surface area contributed by atoms with Crippen LogP contribution in [0.3, 0.4) is 0 Å². The molecule has 1 fully saturated rings. The summed E-state index contributed by atoms with van der Waals surface area (Å²) in [7, 11) is 8.98. The van der Waals surface area contributed by atoms with Crippen molar-refractivity contribution in [3.05, 3.63) is 17.7 Å². The normalized spacial score (nSPS) is 15.8. The molecule has 0 heterocycles. The van der Waals surface area contributed by atoms with E-state index >= 15 is 0 Å². The molecule has 0 atom stereocenters. The molecule has 0 bridgehead atoms. The fourth-order valence-corrected chi connectivity index (χ4v) is 3.77. The fraction of sp³-hybridized carbons (Fsp3) is 0.650. The Balaban J connectivity index is 1.97. The Kier molecular flexibility index (Phi) is 7.14. The standard InChI is InChI=1S/C20H32N2O4/c1-22(2)20(12-6-7-13-20)14-21-17(23)11-9-15-8-10-16(24-3)19(26-5)18(15)25-4/h8,10H,6-7,9,11-14H2,1-5H3,(H,21,23). The van der Waals surface area contributed by atoms with E-state index in [-0.39, 0.29) is 11.4 Å². The molecule has 0 unspecified atom stereocenters. The summed E-state index contributed by atoms with van der Waals surface area (Å²) in [6.45, 7) is 0.710. The van der Waals surface area contributed by atoms with Gasteiger partial charge in [-0.1, -0.05) is 18.9 Å². The number of aryl methyl sites for hydroxylation is 1. The van der Waals surface area contributed by atoms with Crippen LogP contribution in [0.2, 0.25) is 0 Å². The van der Waals surface area contributed by atoms with Gasteiger partial charge in [-0.2, -0.15) is 0 Å². The Morgan fingerprint density at radius 2 is 1.73 bits per heavy atom. The first kappa shape index (κ1) is 20.4. The van der Waals surface area contributed by atoms with Crippen molar-refractivity contribution in [1.82, 2.24) is 10.2 Å². The van der Waals surface area contributed by atoms with Gasteiger partial charge in [-0.25, -0.2) is 0 Å². The van der Waals surface area contributed by atoms with Crippen LogP contribution in [0.5, 0.6) is 17.2 Å². The van der Waals surface area contributed by atoms with Crippen molar-refractivity contribution in [1.29, 1.82) is 0 Å². The third-order valence-corrected chi connectivity index (χ3v) is 5.50. The van der Waals surface area contributed by atoms with Gasteiger partial charge in [0.25, 0.3) is 0 Å². The molecule has 1 N–H and O–H groups in total. The summed E-state index contributed by atoms with van der Waals surface area (Å²) >= 11 is 0. The second-order valence-corrected chi connectivity index (χ2v) is 7.10. The highest BCUT2D eigenvalue weighted by Gasteiger charge is 2.36. The molecule has 1 aliphatic rings. The van der Waals surface area contributed by atoms with Crippen molar-refractivity contribution in [3.8, 4) is 17.2 Å². The predicted molar refractivity (Wildman–Crippen MR) is 102 cm³/mol. The van der Waals surface area contributed by atoms with E-state index in [1.54, 1.807) is 21.3 Å². The third kappa shape index (κ3) is 4.41. The zero-order valence-corrected chi connectivity index (χ0v) is 16.7. The second-order valence-electron chi connectivity index (χ2n) is 7.10. The Bertz CT molecular complexity index is 610. The maximum absolute atomic E-state index is 12.4. The molecule has 1 saturated carbocycles. The number of carbonyl (C=O) groups is 1. The zero-order chi connectivity index (χ0) is 19.2. The summed E-state index contributed by atoms with van der Waals surface area (Å²) in [5, 5.41) is 3.13. The quantitative estimate of drug-likeness (QED) is 0.730. The van der Waals surface area contributed by atoms with Gasteiger partial charge in [0.15, 0.2) is 11.5 Å². The monoisotopic (exact) mass is 364 g/mol. The van der Waals surface area contributed by atoms with Crippen LogP contribution in [0.4, 0.5) is 0 Å². The van der Waals surface area contributed by atoms with Gasteiger partial charge in [-0.3, -0.25) is 4.79 Å². The largest absolute Gasteiger partial charge is 0.493 e. The Morgan fingerprint density at radius 3 is 2.27 bits per heavy atom. The van der Waals surface area contributed by atoms with Crippen LogP contribution in [-0.2, 0) is 11.2 Å². The van der Waals surface area contributed by atoms with Gasteiger partial charge >= 0.3 is 0 Å². The minimum atomic E-state index is 0.0648. The van der Waals surface area contributed by atoms with Gasteiger partial charge in [0.1, 0.15) is 0 Å². The molecule has 1 aromatic carbocycles. The molecule has 1 aliphatic carbocycles. The summed E-state index contributed by atoms with van der Waals surface area (Å²) in [5.41, 5.74) is 1.04. The lowest BCUT2D eigenvalue weighted by Crippen LogP contribution is -2.50. The number of hydrogen-bond acceptors (Lipinski definition) is 5. The van der Waals surface area contributed by atoms with E-state index in [9.17, 15) is 4.79 Å². The van der Waals surface area contributed by atoms with Gasteiger partial charge in [0.2, 0.25) is 11.7 Å². The Morgan fingerprint density at radius 1 is 1.08 bits per heavy atom. The molecular weight excluding hydrogens is 332 g/mol. The molecule has 26 heavy (non-hydrogen) atoms. The zero-order valence-electron chi connectivity index (χ0n) is 16.7. The van der Waals surface area contributed by atoms with E-state index < -0.39 is 0 Å². The lowest BCUT2D eigenvalue weighted by atomic mass is 9.96. The number of hydrogen-bond donors (Lipinski definition) is 1. The molecule has 6 heteroatoms. The van der Waals surface area contributed by atoms with Gasteiger partial charge in [0.05, 0.1) is 21.3 Å². The summed E-state index contributed by atoms with van der Waals surface area (Å²) in [4.78, 5) is 14.7. The van der Waals surface area contributed by atoms with Crippen molar-refractivity contribution in [2.75, 3.05) is 42.0 Å². The maximum atomic E-state index is 12.4. The number of benzene rings is 1. The first-order chi connectivity index (χ1) is 12.5. The molecule has 1 amide bonds. The number of rotatable bonds is 9. The molecule has 6 nitrogen and oxygen atoms in total. The van der Waals surface area contributed by atoms with Crippen LogP contribution >= 0.6 is 0 Å². The predicted octanol–water partition coefficient (Wildman–Crippen LogP) is 2.64. The van der Waals surface area contributed by atoms with E-state index in [0.29, 0.717) is 36.6 Å². The Labute approximate surface area is 156 Å². The molecule has 0 radical (unpaired) electrons. The summed E-state index contributed by atoms with van der Waals surface area (Å²) in [6.07, 6.45) is 5.75. The highest BCUT2D eigenvalue weighted by molar-refractivity contribution is 5.76. The van der Waals surface area contributed by atoms with Crippen LogP contribution in [-0.4, -0.2) is 58.3 Å². The van der Waals surface area contributed by atoms with E-state index in [4.69, 9.17) is 14.2 Å². The number of likely N-dealkylation sites (N-methyl/N-ethyl adjacent to an activating group) is 1. The van der Waals surface area contributed by atoms with Crippen LogP contribution in [0.15, 0.2) is 12.1 Å². The molecule has 2 rings (SSSR count). The van der Waals surface area contributed by atoms with Crippen LogP contribution < -0.4 is 19.5 Å². The van der Waals surface area contributed by atoms with Gasteiger partial charge in [-0.05, 0) is 45.0 Å². The average molecular weight is 364 g/mol. The van der Waals surface area contributed by atoms with Crippen molar-refractivity contribution >= 4 is 5.91 Å². The minimum Gasteiger partial charge on any atom is -0.493 e. The average Bonchev–Trinajstić information content (AvgIpc) is 3.14. The third-order valence-electron chi connectivity index (χ3n) is 5.50. The molecule has 0 aromatic heterocycles. The lowest BCUT2D eigenvalue weighted by molar-refractivity contribution is -0.121. The van der Waals surface area contributed by atoms with Crippen LogP contribution in [0.1, 0.15) is 37.7 Å².